The molecule has 0 amide bonds. The molecule has 2 aromatic rings. The lowest BCUT2D eigenvalue weighted by Gasteiger charge is -2.18. The average molecular weight is 382 g/mol. The van der Waals surface area contributed by atoms with Crippen LogP contribution in [-0.2, 0) is 9.53 Å². The topological polar surface area (TPSA) is 127 Å². The number of nitrogens with one attached hydrogen (secondary N) is 2. The van der Waals surface area contributed by atoms with Crippen LogP contribution in [0.4, 0.5) is 5.69 Å². The van der Waals surface area contributed by atoms with Gasteiger partial charge in [-0.05, 0) is 25.1 Å². The Morgan fingerprint density at radius 3 is 2.54 bits per heavy atom. The van der Waals surface area contributed by atoms with Gasteiger partial charge in [0.25, 0.3) is 5.70 Å². The molecule has 0 spiro atoms. The molecule has 1 aromatic carbocycles. The number of carboxylic acids is 1. The molecule has 1 unspecified atom stereocenters. The second kappa shape index (κ2) is 7.78. The van der Waals surface area contributed by atoms with Crippen molar-refractivity contribution in [1.82, 2.24) is 10.3 Å². The molecule has 0 fully saturated rings. The number of pyridine rings is 1. The number of fused-ring (bicyclic) bond motifs is 1. The summed E-state index contributed by atoms with van der Waals surface area (Å²) in [6.45, 7) is 1.54. The molecule has 28 heavy (non-hydrogen) atoms. The number of ether oxygens (including phenoxy) is 1. The summed E-state index contributed by atoms with van der Waals surface area (Å²) in [6.07, 6.45) is 2.90. The van der Waals surface area contributed by atoms with E-state index in [4.69, 9.17) is 4.74 Å². The zero-order chi connectivity index (χ0) is 20.3. The normalized spacial score (nSPS) is 16.7. The van der Waals surface area contributed by atoms with Gasteiger partial charge in [-0.3, -0.25) is 15.1 Å². The Morgan fingerprint density at radius 1 is 1.25 bits per heavy atom. The van der Waals surface area contributed by atoms with E-state index in [9.17, 15) is 20.0 Å². The highest BCUT2D eigenvalue weighted by atomic mass is 16.6. The molecule has 2 heterocycles. The monoisotopic (exact) mass is 382 g/mol. The van der Waals surface area contributed by atoms with E-state index in [-0.39, 0.29) is 22.9 Å². The van der Waals surface area contributed by atoms with E-state index < -0.39 is 16.9 Å². The van der Waals surface area contributed by atoms with Gasteiger partial charge in [-0.2, -0.15) is 0 Å². The highest BCUT2D eigenvalue weighted by Crippen LogP contribution is 2.33. The van der Waals surface area contributed by atoms with Gasteiger partial charge in [0.1, 0.15) is 5.70 Å². The summed E-state index contributed by atoms with van der Waals surface area (Å²) in [6, 6.07) is 8.77. The lowest BCUT2D eigenvalue weighted by molar-refractivity contribution is -0.376. The molecular weight excluding hydrogens is 364 g/mol. The molecule has 1 atom stereocenters. The first-order valence-electron chi connectivity index (χ1n) is 8.33. The second-order valence-corrected chi connectivity index (χ2v) is 6.00. The van der Waals surface area contributed by atoms with Gasteiger partial charge in [-0.1, -0.05) is 18.2 Å². The number of hydrogen-bond donors (Lipinski definition) is 3. The number of aliphatic carboxylic acids is 1. The number of rotatable bonds is 5. The first-order chi connectivity index (χ1) is 13.4. The summed E-state index contributed by atoms with van der Waals surface area (Å²) in [7, 11) is 1.40. The van der Waals surface area contributed by atoms with Crippen LogP contribution >= 0.6 is 0 Å². The quantitative estimate of drug-likeness (QED) is 0.532. The van der Waals surface area contributed by atoms with Gasteiger partial charge < -0.3 is 20.5 Å². The van der Waals surface area contributed by atoms with Gasteiger partial charge >= 0.3 is 5.97 Å². The number of nitro groups is 1. The standard InChI is InChI=1S/C19H18N4O5/c1-11(17(23(26)27)12-7-9-20-10-8-12)15-18(28-2)21-14-6-4-3-5-13(14)16(22-15)19(24)25/h3-10,16,21-22H,1-2H3,(H,24,25)/b17-11-. The molecule has 3 N–H and O–H groups in total. The highest BCUT2D eigenvalue weighted by molar-refractivity contribution is 5.81. The van der Waals surface area contributed by atoms with Gasteiger partial charge in [0.15, 0.2) is 6.04 Å². The first-order valence-corrected chi connectivity index (χ1v) is 8.33. The Kier molecular flexibility index (Phi) is 5.25. The van der Waals surface area contributed by atoms with Gasteiger partial charge in [-0.15, -0.1) is 0 Å². The van der Waals surface area contributed by atoms with Crippen molar-refractivity contribution in [2.75, 3.05) is 12.4 Å². The molecule has 0 saturated heterocycles. The minimum absolute atomic E-state index is 0.183. The van der Waals surface area contributed by atoms with E-state index in [2.05, 4.69) is 15.6 Å². The molecule has 3 rings (SSSR count). The number of benzene rings is 1. The molecule has 0 aliphatic carbocycles. The summed E-state index contributed by atoms with van der Waals surface area (Å²) < 4.78 is 5.40. The van der Waals surface area contributed by atoms with Crippen molar-refractivity contribution in [3.63, 3.8) is 0 Å². The maximum atomic E-state index is 11.9. The zero-order valence-corrected chi connectivity index (χ0v) is 15.2. The third-order valence-corrected chi connectivity index (χ3v) is 4.35. The maximum absolute atomic E-state index is 11.9. The van der Waals surface area contributed by atoms with Crippen molar-refractivity contribution in [2.45, 2.75) is 13.0 Å². The summed E-state index contributed by atoms with van der Waals surface area (Å²) in [5.41, 5.74) is 1.59. The van der Waals surface area contributed by atoms with Crippen LogP contribution in [0.5, 0.6) is 0 Å². The van der Waals surface area contributed by atoms with Gasteiger partial charge in [0, 0.05) is 23.6 Å². The van der Waals surface area contributed by atoms with Gasteiger partial charge in [0.2, 0.25) is 5.88 Å². The smallest absolute Gasteiger partial charge is 0.330 e. The van der Waals surface area contributed by atoms with Crippen molar-refractivity contribution < 1.29 is 19.6 Å². The van der Waals surface area contributed by atoms with Crippen LogP contribution in [0, 0.1) is 10.1 Å². The fourth-order valence-electron chi connectivity index (χ4n) is 3.05. The van der Waals surface area contributed by atoms with E-state index in [0.717, 1.165) is 0 Å². The van der Waals surface area contributed by atoms with Crippen molar-refractivity contribution in [3.8, 4) is 0 Å². The third kappa shape index (κ3) is 3.50. The number of allylic oxidation sites excluding steroid dienone is 1. The molecule has 9 heteroatoms. The summed E-state index contributed by atoms with van der Waals surface area (Å²) in [5.74, 6) is -0.939. The van der Waals surface area contributed by atoms with E-state index in [1.54, 1.807) is 24.3 Å². The minimum Gasteiger partial charge on any atom is -0.481 e. The van der Waals surface area contributed by atoms with E-state index >= 15 is 0 Å². The third-order valence-electron chi connectivity index (χ3n) is 4.35. The Bertz CT molecular complexity index is 985. The molecule has 0 saturated carbocycles. The Balaban J connectivity index is 2.22. The number of hydrogen-bond acceptors (Lipinski definition) is 7. The van der Waals surface area contributed by atoms with Crippen LogP contribution in [-0.4, -0.2) is 28.1 Å². The van der Waals surface area contributed by atoms with Crippen LogP contribution in [0.1, 0.15) is 24.1 Å². The zero-order valence-electron chi connectivity index (χ0n) is 15.2. The molecule has 0 bridgehead atoms. The van der Waals surface area contributed by atoms with Crippen LogP contribution in [0.15, 0.2) is 65.9 Å². The molecule has 9 nitrogen and oxygen atoms in total. The second-order valence-electron chi connectivity index (χ2n) is 6.00. The minimum atomic E-state index is -1.12. The van der Waals surface area contributed by atoms with Gasteiger partial charge in [0.05, 0.1) is 23.2 Å². The lowest BCUT2D eigenvalue weighted by Crippen LogP contribution is -2.29. The summed E-state index contributed by atoms with van der Waals surface area (Å²) >= 11 is 0. The highest BCUT2D eigenvalue weighted by Gasteiger charge is 2.32. The molecular formula is C19H18N4O5. The number of methoxy groups -OCH3 is 1. The van der Waals surface area contributed by atoms with Crippen LogP contribution < -0.4 is 10.6 Å². The summed E-state index contributed by atoms with van der Waals surface area (Å²) in [5, 5.41) is 27.4. The molecule has 0 radical (unpaired) electrons. The molecule has 1 aromatic heterocycles. The number of para-hydroxylation sites is 1. The number of carbonyl (C=O) groups is 1. The maximum Gasteiger partial charge on any atom is 0.330 e. The Hall–Kier alpha value is -3.88. The van der Waals surface area contributed by atoms with Gasteiger partial charge in [-0.25, -0.2) is 4.79 Å². The van der Waals surface area contributed by atoms with Crippen molar-refractivity contribution in [2.24, 2.45) is 0 Å². The largest absolute Gasteiger partial charge is 0.481 e. The van der Waals surface area contributed by atoms with Crippen molar-refractivity contribution >= 4 is 17.4 Å². The summed E-state index contributed by atoms with van der Waals surface area (Å²) in [4.78, 5) is 27.1. The number of carboxylic acid groups (broad SMARTS) is 1. The number of nitrogens with zero attached hydrogens (tertiary/aromatic N) is 2. The number of anilines is 1. The number of aromatic nitrogens is 1. The first kappa shape index (κ1) is 18.9. The average Bonchev–Trinajstić information content (AvgIpc) is 2.85. The molecule has 1 aliphatic heterocycles. The Labute approximate surface area is 160 Å². The lowest BCUT2D eigenvalue weighted by atomic mass is 10.0. The molecule has 144 valence electrons. The van der Waals surface area contributed by atoms with Crippen LogP contribution in [0.25, 0.3) is 5.70 Å². The SMILES string of the molecule is COC1=C(/C(C)=C(/c2ccncc2)[N+](=O)[O-])NC(C(=O)O)c2ccccc2N1. The van der Waals surface area contributed by atoms with E-state index in [0.29, 0.717) is 16.8 Å². The predicted molar refractivity (Wildman–Crippen MR) is 101 cm³/mol. The fraction of sp³-hybridized carbons (Fsp3) is 0.158. The van der Waals surface area contributed by atoms with Crippen molar-refractivity contribution in [3.05, 3.63) is 87.2 Å². The Morgan fingerprint density at radius 2 is 1.93 bits per heavy atom. The van der Waals surface area contributed by atoms with Crippen LogP contribution in [0.2, 0.25) is 0 Å². The predicted octanol–water partition coefficient (Wildman–Crippen LogP) is 2.75. The van der Waals surface area contributed by atoms with E-state index in [1.807, 2.05) is 0 Å². The fourth-order valence-corrected chi connectivity index (χ4v) is 3.05. The van der Waals surface area contributed by atoms with Crippen LogP contribution in [0.3, 0.4) is 0 Å². The van der Waals surface area contributed by atoms with E-state index in [1.165, 1.54) is 38.6 Å². The molecule has 1 aliphatic rings. The van der Waals surface area contributed by atoms with Crippen molar-refractivity contribution in [1.29, 1.82) is 0 Å².